The van der Waals surface area contributed by atoms with E-state index in [4.69, 9.17) is 9.47 Å². The first-order chi connectivity index (χ1) is 15.0. The lowest BCUT2D eigenvalue weighted by molar-refractivity contribution is -0.141. The third kappa shape index (κ3) is 4.41. The monoisotopic (exact) mass is 500 g/mol. The van der Waals surface area contributed by atoms with Crippen molar-refractivity contribution in [2.75, 3.05) is 12.9 Å². The number of benzene rings is 2. The van der Waals surface area contributed by atoms with Gasteiger partial charge in [0.15, 0.2) is 5.17 Å². The molecule has 6 nitrogen and oxygen atoms in total. The van der Waals surface area contributed by atoms with Crippen molar-refractivity contribution in [3.05, 3.63) is 75.4 Å². The highest BCUT2D eigenvalue weighted by molar-refractivity contribution is 9.10. The average molecular weight is 501 g/mol. The van der Waals surface area contributed by atoms with E-state index < -0.39 is 12.0 Å². The second-order valence-electron chi connectivity index (χ2n) is 7.11. The highest BCUT2D eigenvalue weighted by Crippen LogP contribution is 2.44. The van der Waals surface area contributed by atoms with Gasteiger partial charge in [-0.25, -0.2) is 9.79 Å². The average Bonchev–Trinajstić information content (AvgIpc) is 2.77. The van der Waals surface area contributed by atoms with E-state index in [9.17, 15) is 9.59 Å². The number of ether oxygens (including phenoxy) is 2. The van der Waals surface area contributed by atoms with Crippen molar-refractivity contribution in [3.63, 3.8) is 0 Å². The zero-order valence-corrected chi connectivity index (χ0v) is 19.5. The molecular formula is C23H21BrN2O4S. The van der Waals surface area contributed by atoms with Gasteiger partial charge in [-0.05, 0) is 30.7 Å². The summed E-state index contributed by atoms with van der Waals surface area (Å²) >= 11 is 5.01. The molecule has 0 N–H and O–H groups in total. The highest BCUT2D eigenvalue weighted by atomic mass is 79.9. The summed E-state index contributed by atoms with van der Waals surface area (Å²) in [5, 5.41) is 0.598. The summed E-state index contributed by atoms with van der Waals surface area (Å²) in [6.07, 6.45) is 0.377. The van der Waals surface area contributed by atoms with Crippen LogP contribution in [-0.2, 0) is 20.9 Å². The highest BCUT2D eigenvalue weighted by Gasteiger charge is 2.42. The minimum atomic E-state index is -0.677. The van der Waals surface area contributed by atoms with Crippen LogP contribution < -0.4 is 4.74 Å². The van der Waals surface area contributed by atoms with Gasteiger partial charge in [-0.2, -0.15) is 0 Å². The number of carbonyl (C=O) groups is 2. The molecule has 0 spiro atoms. The summed E-state index contributed by atoms with van der Waals surface area (Å²) in [5.74, 6) is 0.668. The van der Waals surface area contributed by atoms with Crippen LogP contribution in [0.1, 0.15) is 30.5 Å². The fraction of sp³-hybridized carbons (Fsp3) is 0.261. The number of aliphatic imine (C=N–C) groups is 1. The van der Waals surface area contributed by atoms with Crippen molar-refractivity contribution in [2.24, 2.45) is 4.99 Å². The number of nitrogens with zero attached hydrogens (tertiary/aromatic N) is 2. The number of esters is 1. The lowest BCUT2D eigenvalue weighted by atomic mass is 9.93. The Morgan fingerprint density at radius 1 is 1.26 bits per heavy atom. The van der Waals surface area contributed by atoms with Crippen LogP contribution in [0.4, 0.5) is 0 Å². The lowest BCUT2D eigenvalue weighted by Crippen LogP contribution is -2.46. The number of allylic oxidation sites excluding steroid dienone is 1. The number of amides is 1. The van der Waals surface area contributed by atoms with Crippen molar-refractivity contribution in [2.45, 2.75) is 26.0 Å². The van der Waals surface area contributed by atoms with Crippen LogP contribution in [0.3, 0.4) is 0 Å². The first-order valence-corrected chi connectivity index (χ1v) is 11.6. The molecule has 0 bridgehead atoms. The van der Waals surface area contributed by atoms with Gasteiger partial charge in [0, 0.05) is 22.2 Å². The molecule has 1 amide bonds. The molecule has 0 radical (unpaired) electrons. The largest absolute Gasteiger partial charge is 0.496 e. The van der Waals surface area contributed by atoms with E-state index >= 15 is 0 Å². The molecule has 0 saturated carbocycles. The zero-order valence-electron chi connectivity index (χ0n) is 17.1. The Hall–Kier alpha value is -2.58. The van der Waals surface area contributed by atoms with E-state index in [0.29, 0.717) is 39.9 Å². The number of rotatable bonds is 5. The first-order valence-electron chi connectivity index (χ1n) is 9.78. The standard InChI is InChI=1S/C23H21BrN2O4S/c1-14-20(22(28)30-13-15-6-4-3-5-7-15)21(17-12-16(24)8-9-18(17)29-2)26-19(27)10-11-31-23(26)25-14/h3-9,12,21H,10-11,13H2,1-2H3. The Balaban J connectivity index is 1.78. The third-order valence-corrected chi connectivity index (χ3v) is 6.57. The summed E-state index contributed by atoms with van der Waals surface area (Å²) in [4.78, 5) is 32.4. The molecule has 0 aromatic heterocycles. The fourth-order valence-electron chi connectivity index (χ4n) is 3.67. The number of hydrogen-bond donors (Lipinski definition) is 0. The minimum absolute atomic E-state index is 0.0783. The summed E-state index contributed by atoms with van der Waals surface area (Å²) < 4.78 is 12.0. The SMILES string of the molecule is COc1ccc(Br)cc1C1C(C(=O)OCc2ccccc2)=C(C)N=C2SCCC(=O)N21. The van der Waals surface area contributed by atoms with Crippen molar-refractivity contribution >= 4 is 44.7 Å². The molecule has 1 saturated heterocycles. The van der Waals surface area contributed by atoms with Crippen LogP contribution in [0.15, 0.2) is 69.3 Å². The van der Waals surface area contributed by atoms with Gasteiger partial charge in [-0.1, -0.05) is 58.0 Å². The van der Waals surface area contributed by atoms with E-state index in [1.165, 1.54) is 11.8 Å². The Morgan fingerprint density at radius 3 is 2.77 bits per heavy atom. The van der Waals surface area contributed by atoms with E-state index in [-0.39, 0.29) is 12.5 Å². The molecule has 1 fully saturated rings. The molecule has 2 aliphatic heterocycles. The Morgan fingerprint density at radius 2 is 2.03 bits per heavy atom. The number of amidine groups is 1. The smallest absolute Gasteiger partial charge is 0.338 e. The second-order valence-corrected chi connectivity index (χ2v) is 9.08. The number of hydrogen-bond acceptors (Lipinski definition) is 6. The van der Waals surface area contributed by atoms with Gasteiger partial charge >= 0.3 is 5.97 Å². The van der Waals surface area contributed by atoms with Gasteiger partial charge in [-0.15, -0.1) is 0 Å². The summed E-state index contributed by atoms with van der Waals surface area (Å²) in [6, 6.07) is 14.3. The lowest BCUT2D eigenvalue weighted by Gasteiger charge is -2.39. The fourth-order valence-corrected chi connectivity index (χ4v) is 5.06. The maximum absolute atomic E-state index is 13.3. The van der Waals surface area contributed by atoms with E-state index in [1.807, 2.05) is 48.5 Å². The molecule has 31 heavy (non-hydrogen) atoms. The summed E-state index contributed by atoms with van der Waals surface area (Å²) in [7, 11) is 1.57. The number of fused-ring (bicyclic) bond motifs is 1. The Bertz CT molecular complexity index is 1080. The topological polar surface area (TPSA) is 68.2 Å². The van der Waals surface area contributed by atoms with Crippen molar-refractivity contribution in [1.29, 1.82) is 0 Å². The molecule has 4 rings (SSSR count). The van der Waals surface area contributed by atoms with Crippen LogP contribution in [0.25, 0.3) is 0 Å². The van der Waals surface area contributed by atoms with Gasteiger partial charge < -0.3 is 9.47 Å². The molecule has 2 aliphatic rings. The first kappa shape index (κ1) is 21.6. The van der Waals surface area contributed by atoms with Gasteiger partial charge in [0.2, 0.25) is 5.91 Å². The normalized spacial score (nSPS) is 18.4. The van der Waals surface area contributed by atoms with Crippen LogP contribution >= 0.6 is 27.7 Å². The Labute approximate surface area is 193 Å². The van der Waals surface area contributed by atoms with Gasteiger partial charge in [-0.3, -0.25) is 9.69 Å². The molecule has 0 aliphatic carbocycles. The molecule has 2 heterocycles. The van der Waals surface area contributed by atoms with Crippen LogP contribution in [-0.4, -0.2) is 34.8 Å². The van der Waals surface area contributed by atoms with Gasteiger partial charge in [0.05, 0.1) is 18.4 Å². The zero-order chi connectivity index (χ0) is 22.0. The molecule has 160 valence electrons. The van der Waals surface area contributed by atoms with E-state index in [2.05, 4.69) is 20.9 Å². The second kappa shape index (κ2) is 9.28. The van der Waals surface area contributed by atoms with Gasteiger partial charge in [0.1, 0.15) is 18.4 Å². The summed E-state index contributed by atoms with van der Waals surface area (Å²) in [6.45, 7) is 1.92. The molecule has 2 aromatic carbocycles. The van der Waals surface area contributed by atoms with Crippen molar-refractivity contribution < 1.29 is 19.1 Å². The number of thioether (sulfide) groups is 1. The van der Waals surface area contributed by atoms with Crippen LogP contribution in [0.2, 0.25) is 0 Å². The quantitative estimate of drug-likeness (QED) is 0.548. The number of methoxy groups -OCH3 is 1. The predicted molar refractivity (Wildman–Crippen MR) is 124 cm³/mol. The number of carbonyl (C=O) groups excluding carboxylic acids is 2. The van der Waals surface area contributed by atoms with Crippen molar-refractivity contribution in [3.8, 4) is 5.75 Å². The molecule has 1 unspecified atom stereocenters. The minimum Gasteiger partial charge on any atom is -0.496 e. The summed E-state index contributed by atoms with van der Waals surface area (Å²) in [5.41, 5.74) is 2.46. The van der Waals surface area contributed by atoms with Gasteiger partial charge in [0.25, 0.3) is 0 Å². The van der Waals surface area contributed by atoms with E-state index in [0.717, 1.165) is 10.0 Å². The Kier molecular flexibility index (Phi) is 6.48. The van der Waals surface area contributed by atoms with Crippen LogP contribution in [0.5, 0.6) is 5.75 Å². The predicted octanol–water partition coefficient (Wildman–Crippen LogP) is 4.85. The van der Waals surface area contributed by atoms with E-state index in [1.54, 1.807) is 18.9 Å². The third-order valence-electron chi connectivity index (χ3n) is 5.13. The van der Waals surface area contributed by atoms with Crippen molar-refractivity contribution in [1.82, 2.24) is 4.90 Å². The maximum Gasteiger partial charge on any atom is 0.338 e. The molecule has 8 heteroatoms. The molecular weight excluding hydrogens is 480 g/mol. The maximum atomic E-state index is 13.3. The number of halogens is 1. The van der Waals surface area contributed by atoms with Crippen LogP contribution in [0, 0.1) is 0 Å². The molecule has 1 atom stereocenters. The molecule has 2 aromatic rings.